The van der Waals surface area contributed by atoms with Crippen LogP contribution in [0.25, 0.3) is 0 Å². The fourth-order valence-electron chi connectivity index (χ4n) is 1.77. The first-order valence-electron chi connectivity index (χ1n) is 5.56. The molecule has 0 saturated carbocycles. The van der Waals surface area contributed by atoms with Crippen LogP contribution in [-0.2, 0) is 13.0 Å². The number of rotatable bonds is 4. The smallest absolute Gasteiger partial charge is 0.137 e. The van der Waals surface area contributed by atoms with Crippen molar-refractivity contribution in [2.75, 3.05) is 0 Å². The molecule has 1 heterocycles. The highest BCUT2D eigenvalue weighted by atomic mass is 35.5. The molecule has 1 aromatic carbocycles. The van der Waals surface area contributed by atoms with Gasteiger partial charge in [-0.15, -0.1) is 0 Å². The van der Waals surface area contributed by atoms with Crippen LogP contribution >= 0.6 is 11.6 Å². The molecule has 0 amide bonds. The number of halogens is 1. The Hall–Kier alpha value is -1.88. The third-order valence-corrected chi connectivity index (χ3v) is 2.89. The van der Waals surface area contributed by atoms with Crippen molar-refractivity contribution in [3.63, 3.8) is 0 Å². The molecule has 6 heteroatoms. The van der Waals surface area contributed by atoms with Gasteiger partial charge in [-0.05, 0) is 24.1 Å². The monoisotopic (exact) mass is 264 g/mol. The molecule has 0 aliphatic heterocycles. The van der Waals surface area contributed by atoms with Crippen LogP contribution in [0, 0.1) is 0 Å². The van der Waals surface area contributed by atoms with Crippen molar-refractivity contribution in [3.8, 4) is 0 Å². The van der Waals surface area contributed by atoms with Gasteiger partial charge in [0, 0.05) is 10.6 Å². The molecule has 0 atom stereocenters. The summed E-state index contributed by atoms with van der Waals surface area (Å²) in [6.45, 7) is 2.39. The number of benzene rings is 1. The van der Waals surface area contributed by atoms with Crippen molar-refractivity contribution in [2.45, 2.75) is 19.9 Å². The van der Waals surface area contributed by atoms with Gasteiger partial charge in [-0.2, -0.15) is 5.10 Å². The zero-order valence-electron chi connectivity index (χ0n) is 9.91. The molecule has 18 heavy (non-hydrogen) atoms. The molecule has 0 bridgehead atoms. The van der Waals surface area contributed by atoms with E-state index < -0.39 is 0 Å². The molecule has 0 unspecified atom stereocenters. The highest BCUT2D eigenvalue weighted by Gasteiger charge is 2.11. The normalized spacial score (nSPS) is 11.8. The lowest BCUT2D eigenvalue weighted by Crippen LogP contribution is -2.14. The molecule has 0 aliphatic carbocycles. The first kappa shape index (κ1) is 12.6. The lowest BCUT2D eigenvalue weighted by atomic mass is 10.0. The number of hydrogen-bond donors (Lipinski definition) is 1. The number of aromatic nitrogens is 3. The molecule has 2 aromatic rings. The van der Waals surface area contributed by atoms with Gasteiger partial charge in [-0.1, -0.05) is 29.7 Å². The molecule has 5 nitrogen and oxygen atoms in total. The van der Waals surface area contributed by atoms with Crippen molar-refractivity contribution >= 4 is 17.3 Å². The molecular formula is C12H13ClN4O. The van der Waals surface area contributed by atoms with Crippen molar-refractivity contribution in [1.82, 2.24) is 14.8 Å². The van der Waals surface area contributed by atoms with E-state index in [0.29, 0.717) is 17.3 Å². The van der Waals surface area contributed by atoms with Gasteiger partial charge in [0.15, 0.2) is 0 Å². The summed E-state index contributed by atoms with van der Waals surface area (Å²) in [6, 6.07) is 5.51. The maximum atomic E-state index is 9.16. The number of aryl methyl sites for hydroxylation is 1. The SMILES string of the molecule is CCc1cc(Cl)ccc1C(Cn1cncn1)=NO. The summed E-state index contributed by atoms with van der Waals surface area (Å²) in [6.07, 6.45) is 3.83. The average Bonchev–Trinajstić information content (AvgIpc) is 2.89. The Morgan fingerprint density at radius 3 is 2.94 bits per heavy atom. The minimum atomic E-state index is 0.366. The Labute approximate surface area is 110 Å². The fourth-order valence-corrected chi connectivity index (χ4v) is 1.97. The zero-order chi connectivity index (χ0) is 13.0. The maximum Gasteiger partial charge on any atom is 0.137 e. The van der Waals surface area contributed by atoms with E-state index in [1.165, 1.54) is 6.33 Å². The summed E-state index contributed by atoms with van der Waals surface area (Å²) < 4.78 is 1.60. The molecule has 0 saturated heterocycles. The van der Waals surface area contributed by atoms with Crippen LogP contribution in [0.1, 0.15) is 18.1 Å². The van der Waals surface area contributed by atoms with E-state index >= 15 is 0 Å². The highest BCUT2D eigenvalue weighted by molar-refractivity contribution is 6.30. The second kappa shape index (κ2) is 5.64. The van der Waals surface area contributed by atoms with E-state index in [1.807, 2.05) is 19.1 Å². The lowest BCUT2D eigenvalue weighted by Gasteiger charge is -2.10. The Balaban J connectivity index is 2.33. The number of oxime groups is 1. The van der Waals surface area contributed by atoms with Crippen LogP contribution in [-0.4, -0.2) is 25.7 Å². The average molecular weight is 265 g/mol. The topological polar surface area (TPSA) is 63.3 Å². The summed E-state index contributed by atoms with van der Waals surface area (Å²) >= 11 is 5.96. The van der Waals surface area contributed by atoms with Gasteiger partial charge in [0.25, 0.3) is 0 Å². The van der Waals surface area contributed by atoms with Crippen molar-refractivity contribution in [3.05, 3.63) is 47.0 Å². The van der Waals surface area contributed by atoms with Crippen LogP contribution in [0.3, 0.4) is 0 Å². The largest absolute Gasteiger partial charge is 0.411 e. The summed E-state index contributed by atoms with van der Waals surface area (Å²) in [5.74, 6) is 0. The van der Waals surface area contributed by atoms with Crippen LogP contribution < -0.4 is 0 Å². The van der Waals surface area contributed by atoms with Gasteiger partial charge in [0.1, 0.15) is 18.4 Å². The van der Waals surface area contributed by atoms with Gasteiger partial charge in [0.2, 0.25) is 0 Å². The maximum absolute atomic E-state index is 9.16. The zero-order valence-corrected chi connectivity index (χ0v) is 10.7. The minimum Gasteiger partial charge on any atom is -0.411 e. The number of nitrogens with zero attached hydrogens (tertiary/aromatic N) is 4. The Morgan fingerprint density at radius 1 is 1.50 bits per heavy atom. The third kappa shape index (κ3) is 2.68. The predicted octanol–water partition coefficient (Wildman–Crippen LogP) is 2.37. The summed E-state index contributed by atoms with van der Waals surface area (Å²) in [5, 5.41) is 17.2. The molecule has 1 N–H and O–H groups in total. The third-order valence-electron chi connectivity index (χ3n) is 2.66. The van der Waals surface area contributed by atoms with Crippen LogP contribution in [0.5, 0.6) is 0 Å². The summed E-state index contributed by atoms with van der Waals surface area (Å²) in [7, 11) is 0. The van der Waals surface area contributed by atoms with Crippen LogP contribution in [0.2, 0.25) is 5.02 Å². The van der Waals surface area contributed by atoms with Crippen LogP contribution in [0.15, 0.2) is 36.0 Å². The second-order valence-electron chi connectivity index (χ2n) is 3.79. The molecule has 0 spiro atoms. The summed E-state index contributed by atoms with van der Waals surface area (Å²) in [5.41, 5.74) is 2.45. The van der Waals surface area contributed by atoms with Crippen molar-refractivity contribution in [1.29, 1.82) is 0 Å². The fraction of sp³-hybridized carbons (Fsp3) is 0.250. The van der Waals surface area contributed by atoms with Crippen molar-refractivity contribution in [2.24, 2.45) is 5.16 Å². The van der Waals surface area contributed by atoms with E-state index in [2.05, 4.69) is 15.2 Å². The Morgan fingerprint density at radius 2 is 2.33 bits per heavy atom. The van der Waals surface area contributed by atoms with Gasteiger partial charge in [-0.3, -0.25) is 0 Å². The van der Waals surface area contributed by atoms with Gasteiger partial charge in [0.05, 0.1) is 6.54 Å². The molecule has 0 radical (unpaired) electrons. The molecule has 0 aliphatic rings. The lowest BCUT2D eigenvalue weighted by molar-refractivity contribution is 0.317. The predicted molar refractivity (Wildman–Crippen MR) is 69.2 cm³/mol. The Bertz CT molecular complexity index is 551. The van der Waals surface area contributed by atoms with E-state index in [9.17, 15) is 0 Å². The van der Waals surface area contributed by atoms with Gasteiger partial charge >= 0.3 is 0 Å². The van der Waals surface area contributed by atoms with Crippen LogP contribution in [0.4, 0.5) is 0 Å². The highest BCUT2D eigenvalue weighted by Crippen LogP contribution is 2.18. The van der Waals surface area contributed by atoms with E-state index in [-0.39, 0.29) is 0 Å². The molecule has 2 rings (SSSR count). The van der Waals surface area contributed by atoms with Crippen molar-refractivity contribution < 1.29 is 5.21 Å². The van der Waals surface area contributed by atoms with E-state index in [1.54, 1.807) is 17.1 Å². The number of hydrogen-bond acceptors (Lipinski definition) is 4. The molecular weight excluding hydrogens is 252 g/mol. The second-order valence-corrected chi connectivity index (χ2v) is 4.23. The first-order chi connectivity index (χ1) is 8.74. The van der Waals surface area contributed by atoms with Gasteiger partial charge < -0.3 is 5.21 Å². The van der Waals surface area contributed by atoms with E-state index in [4.69, 9.17) is 16.8 Å². The molecule has 0 fully saturated rings. The standard InChI is InChI=1S/C12H13ClN4O/c1-2-9-5-10(13)3-4-11(9)12(16-18)6-17-8-14-7-15-17/h3-5,7-8,18H,2,6H2,1H3. The molecule has 94 valence electrons. The first-order valence-corrected chi connectivity index (χ1v) is 5.94. The summed E-state index contributed by atoms with van der Waals surface area (Å²) in [4.78, 5) is 3.85. The Kier molecular flexibility index (Phi) is 3.94. The quantitative estimate of drug-likeness (QED) is 0.524. The van der Waals surface area contributed by atoms with E-state index in [0.717, 1.165) is 17.5 Å². The minimum absolute atomic E-state index is 0.366. The molecule has 1 aromatic heterocycles. The van der Waals surface area contributed by atoms with Gasteiger partial charge in [-0.25, -0.2) is 9.67 Å².